The van der Waals surface area contributed by atoms with Crippen LogP contribution in [0.1, 0.15) is 0 Å². The van der Waals surface area contributed by atoms with E-state index in [1.54, 1.807) is 12.3 Å². The van der Waals surface area contributed by atoms with E-state index in [2.05, 4.69) is 21.0 Å². The second-order valence-corrected chi connectivity index (χ2v) is 4.52. The van der Waals surface area contributed by atoms with Gasteiger partial charge in [-0.3, -0.25) is 4.68 Å². The fraction of sp³-hybridized carbons (Fsp3) is 0.182. The highest BCUT2D eigenvalue weighted by atomic mass is 79.9. The van der Waals surface area contributed by atoms with Crippen molar-refractivity contribution in [1.82, 2.24) is 9.78 Å². The number of benzene rings is 1. The van der Waals surface area contributed by atoms with Gasteiger partial charge in [-0.15, -0.1) is 0 Å². The molecule has 1 heterocycles. The minimum Gasteiger partial charge on any atom is -0.490 e. The molecule has 0 aliphatic rings. The average molecular weight is 302 g/mol. The molecule has 1 aromatic heterocycles. The summed E-state index contributed by atoms with van der Waals surface area (Å²) < 4.78 is 8.33. The summed E-state index contributed by atoms with van der Waals surface area (Å²) in [5.41, 5.74) is 0. The van der Waals surface area contributed by atoms with E-state index in [0.29, 0.717) is 23.9 Å². The number of hydrogen-bond donors (Lipinski definition) is 0. The molecule has 5 heteroatoms. The zero-order valence-corrected chi connectivity index (χ0v) is 10.8. The van der Waals surface area contributed by atoms with Gasteiger partial charge in [-0.05, 0) is 24.3 Å². The van der Waals surface area contributed by atoms with Gasteiger partial charge in [-0.2, -0.15) is 5.10 Å². The number of ether oxygens (including phenoxy) is 1. The van der Waals surface area contributed by atoms with Gasteiger partial charge in [0.25, 0.3) is 0 Å². The molecule has 0 aliphatic heterocycles. The quantitative estimate of drug-likeness (QED) is 0.865. The van der Waals surface area contributed by atoms with Crippen LogP contribution in [0.5, 0.6) is 5.75 Å². The van der Waals surface area contributed by atoms with E-state index in [4.69, 9.17) is 16.3 Å². The van der Waals surface area contributed by atoms with Crippen LogP contribution in [0.15, 0.2) is 41.1 Å². The standard InChI is InChI=1S/C11H10BrClN2O/c12-9-2-3-10(13)11(8-9)16-7-6-15-5-1-4-14-15/h1-5,8H,6-7H2. The molecular formula is C11H10BrClN2O. The zero-order valence-electron chi connectivity index (χ0n) is 8.44. The van der Waals surface area contributed by atoms with Crippen LogP contribution in [-0.4, -0.2) is 16.4 Å². The Morgan fingerprint density at radius 1 is 1.44 bits per heavy atom. The lowest BCUT2D eigenvalue weighted by Crippen LogP contribution is -2.08. The van der Waals surface area contributed by atoms with Crippen molar-refractivity contribution in [2.45, 2.75) is 6.54 Å². The van der Waals surface area contributed by atoms with E-state index in [1.165, 1.54) is 0 Å². The van der Waals surface area contributed by atoms with Gasteiger partial charge in [0.2, 0.25) is 0 Å². The first-order valence-corrected chi connectivity index (χ1v) is 5.98. The van der Waals surface area contributed by atoms with Gasteiger partial charge in [-0.1, -0.05) is 27.5 Å². The van der Waals surface area contributed by atoms with Crippen LogP contribution in [0, 0.1) is 0 Å². The fourth-order valence-corrected chi connectivity index (χ4v) is 1.78. The maximum Gasteiger partial charge on any atom is 0.139 e. The van der Waals surface area contributed by atoms with E-state index in [-0.39, 0.29) is 0 Å². The van der Waals surface area contributed by atoms with Gasteiger partial charge >= 0.3 is 0 Å². The van der Waals surface area contributed by atoms with E-state index in [1.807, 2.05) is 29.1 Å². The lowest BCUT2D eigenvalue weighted by Gasteiger charge is -2.08. The van der Waals surface area contributed by atoms with Crippen molar-refractivity contribution < 1.29 is 4.74 Å². The molecule has 16 heavy (non-hydrogen) atoms. The van der Waals surface area contributed by atoms with Gasteiger partial charge in [-0.25, -0.2) is 0 Å². The normalized spacial score (nSPS) is 10.4. The molecule has 0 bridgehead atoms. The van der Waals surface area contributed by atoms with E-state index in [0.717, 1.165) is 4.47 Å². The van der Waals surface area contributed by atoms with Crippen LogP contribution < -0.4 is 4.74 Å². The first-order valence-electron chi connectivity index (χ1n) is 4.81. The first-order chi connectivity index (χ1) is 7.75. The Morgan fingerprint density at radius 2 is 2.31 bits per heavy atom. The molecule has 1 aromatic carbocycles. The van der Waals surface area contributed by atoms with Crippen LogP contribution in [0.3, 0.4) is 0 Å². The zero-order chi connectivity index (χ0) is 11.4. The minimum atomic E-state index is 0.540. The van der Waals surface area contributed by atoms with Gasteiger partial charge in [0, 0.05) is 16.9 Å². The van der Waals surface area contributed by atoms with Gasteiger partial charge in [0.05, 0.1) is 11.6 Å². The highest BCUT2D eigenvalue weighted by Crippen LogP contribution is 2.27. The maximum absolute atomic E-state index is 5.99. The van der Waals surface area contributed by atoms with Crippen LogP contribution in [0.25, 0.3) is 0 Å². The van der Waals surface area contributed by atoms with Gasteiger partial charge in [0.1, 0.15) is 12.4 Å². The molecule has 0 saturated carbocycles. The fourth-order valence-electron chi connectivity index (χ4n) is 1.27. The molecule has 0 saturated heterocycles. The maximum atomic E-state index is 5.99. The Balaban J connectivity index is 1.92. The largest absolute Gasteiger partial charge is 0.490 e. The molecule has 2 rings (SSSR count). The third-order valence-corrected chi connectivity index (χ3v) is 2.84. The molecule has 3 nitrogen and oxygen atoms in total. The summed E-state index contributed by atoms with van der Waals surface area (Å²) in [7, 11) is 0. The molecule has 0 radical (unpaired) electrons. The molecule has 0 N–H and O–H groups in total. The molecule has 0 fully saturated rings. The summed E-state index contributed by atoms with van der Waals surface area (Å²) in [6.07, 6.45) is 3.64. The lowest BCUT2D eigenvalue weighted by atomic mass is 10.3. The number of aromatic nitrogens is 2. The van der Waals surface area contributed by atoms with Crippen molar-refractivity contribution in [2.75, 3.05) is 6.61 Å². The molecule has 2 aromatic rings. The summed E-state index contributed by atoms with van der Waals surface area (Å²) in [4.78, 5) is 0. The third kappa shape index (κ3) is 3.00. The van der Waals surface area contributed by atoms with E-state index in [9.17, 15) is 0 Å². The smallest absolute Gasteiger partial charge is 0.139 e. The topological polar surface area (TPSA) is 27.1 Å². The number of halogens is 2. The molecule has 84 valence electrons. The molecule has 0 amide bonds. The second-order valence-electron chi connectivity index (χ2n) is 3.19. The van der Waals surface area contributed by atoms with Crippen molar-refractivity contribution >= 4 is 27.5 Å². The summed E-state index contributed by atoms with van der Waals surface area (Å²) in [6.45, 7) is 1.24. The predicted octanol–water partition coefficient (Wildman–Crippen LogP) is 3.38. The average Bonchev–Trinajstić information content (AvgIpc) is 2.76. The first kappa shape index (κ1) is 11.5. The van der Waals surface area contributed by atoms with Crippen LogP contribution in [0.2, 0.25) is 5.02 Å². The van der Waals surface area contributed by atoms with E-state index < -0.39 is 0 Å². The highest BCUT2D eigenvalue weighted by molar-refractivity contribution is 9.10. The minimum absolute atomic E-state index is 0.540. The lowest BCUT2D eigenvalue weighted by molar-refractivity contribution is 0.291. The van der Waals surface area contributed by atoms with Gasteiger partial charge in [0.15, 0.2) is 0 Å². The van der Waals surface area contributed by atoms with Crippen molar-refractivity contribution in [1.29, 1.82) is 0 Å². The number of rotatable bonds is 4. The Labute approximate surface area is 107 Å². The van der Waals surface area contributed by atoms with Crippen LogP contribution >= 0.6 is 27.5 Å². The Hall–Kier alpha value is -1.00. The molecule has 0 atom stereocenters. The second kappa shape index (κ2) is 5.37. The third-order valence-electron chi connectivity index (χ3n) is 2.03. The summed E-state index contributed by atoms with van der Waals surface area (Å²) in [5.74, 6) is 0.684. The molecule has 0 unspecified atom stereocenters. The monoisotopic (exact) mass is 300 g/mol. The summed E-state index contributed by atoms with van der Waals surface area (Å²) in [5, 5.41) is 4.70. The van der Waals surface area contributed by atoms with Crippen molar-refractivity contribution in [3.63, 3.8) is 0 Å². The Bertz CT molecular complexity index is 459. The number of hydrogen-bond acceptors (Lipinski definition) is 2. The predicted molar refractivity (Wildman–Crippen MR) is 66.9 cm³/mol. The molecule has 0 aliphatic carbocycles. The highest BCUT2D eigenvalue weighted by Gasteiger charge is 2.02. The summed E-state index contributed by atoms with van der Waals surface area (Å²) in [6, 6.07) is 7.41. The molecular weight excluding hydrogens is 291 g/mol. The van der Waals surface area contributed by atoms with Crippen LogP contribution in [0.4, 0.5) is 0 Å². The Morgan fingerprint density at radius 3 is 3.06 bits per heavy atom. The Kier molecular flexibility index (Phi) is 3.85. The SMILES string of the molecule is Clc1ccc(Br)cc1OCCn1cccn1. The summed E-state index contributed by atoms with van der Waals surface area (Å²) >= 11 is 9.36. The van der Waals surface area contributed by atoms with Crippen molar-refractivity contribution in [3.8, 4) is 5.75 Å². The molecule has 0 spiro atoms. The van der Waals surface area contributed by atoms with Crippen molar-refractivity contribution in [3.05, 3.63) is 46.2 Å². The van der Waals surface area contributed by atoms with Crippen molar-refractivity contribution in [2.24, 2.45) is 0 Å². The van der Waals surface area contributed by atoms with E-state index >= 15 is 0 Å². The van der Waals surface area contributed by atoms with Gasteiger partial charge < -0.3 is 4.74 Å². The van der Waals surface area contributed by atoms with Crippen LogP contribution in [-0.2, 0) is 6.54 Å². The number of nitrogens with zero attached hydrogens (tertiary/aromatic N) is 2.